The molecule has 6 nitrogen and oxygen atoms in total. The molecule has 0 fully saturated rings. The lowest BCUT2D eigenvalue weighted by Gasteiger charge is -2.27. The third-order valence-electron chi connectivity index (χ3n) is 3.03. The minimum Gasteiger partial charge on any atom is -0.444 e. The lowest BCUT2D eigenvalue weighted by atomic mass is 10.2. The molecule has 134 valence electrons. The Bertz CT molecular complexity index is 584. The number of hydrogen-bond acceptors (Lipinski definition) is 4. The Hall–Kier alpha value is -2.15. The van der Waals surface area contributed by atoms with E-state index < -0.39 is 23.4 Å². The molecule has 0 saturated heterocycles. The van der Waals surface area contributed by atoms with Crippen molar-refractivity contribution in [1.29, 1.82) is 0 Å². The second kappa shape index (κ2) is 8.63. The smallest absolute Gasteiger partial charge is 0.410 e. The lowest BCUT2D eigenvalue weighted by Crippen LogP contribution is -2.42. The minimum absolute atomic E-state index is 0.209. The van der Waals surface area contributed by atoms with Crippen molar-refractivity contribution in [3.63, 3.8) is 0 Å². The van der Waals surface area contributed by atoms with Crippen LogP contribution in [0.15, 0.2) is 18.2 Å². The fraction of sp³-hybridized carbons (Fsp3) is 0.529. The van der Waals surface area contributed by atoms with E-state index in [1.54, 1.807) is 33.8 Å². The number of carbonyl (C=O) groups excluding carboxylic acids is 2. The molecule has 0 radical (unpaired) electrons. The first-order chi connectivity index (χ1) is 11.1. The summed E-state index contributed by atoms with van der Waals surface area (Å²) in [6.07, 6.45) is -0.606. The zero-order valence-electron chi connectivity index (χ0n) is 14.8. The highest BCUT2D eigenvalue weighted by Gasteiger charge is 2.24. The van der Waals surface area contributed by atoms with Crippen LogP contribution in [0.25, 0.3) is 0 Å². The number of anilines is 1. The maximum atomic E-state index is 13.3. The van der Waals surface area contributed by atoms with Gasteiger partial charge in [-0.1, -0.05) is 6.07 Å². The Kier molecular flexibility index (Phi) is 7.16. The van der Waals surface area contributed by atoms with Gasteiger partial charge in [0.25, 0.3) is 0 Å². The number of aryl methyl sites for hydroxylation is 1. The van der Waals surface area contributed by atoms with Crippen LogP contribution in [-0.4, -0.2) is 49.3 Å². The number of ether oxygens (including phenoxy) is 2. The van der Waals surface area contributed by atoms with E-state index in [4.69, 9.17) is 9.47 Å². The normalized spacial score (nSPS) is 11.1. The Morgan fingerprint density at radius 1 is 1.29 bits per heavy atom. The molecule has 1 aromatic rings. The van der Waals surface area contributed by atoms with Gasteiger partial charge in [0.2, 0.25) is 5.91 Å². The highest BCUT2D eigenvalue weighted by molar-refractivity contribution is 5.94. The van der Waals surface area contributed by atoms with Crippen LogP contribution >= 0.6 is 0 Å². The van der Waals surface area contributed by atoms with E-state index in [1.807, 2.05) is 0 Å². The van der Waals surface area contributed by atoms with Crippen LogP contribution < -0.4 is 5.32 Å². The number of carbonyl (C=O) groups is 2. The predicted octanol–water partition coefficient (Wildman–Crippen LogP) is 2.96. The van der Waals surface area contributed by atoms with Crippen molar-refractivity contribution in [2.45, 2.75) is 33.3 Å². The van der Waals surface area contributed by atoms with Gasteiger partial charge in [-0.3, -0.25) is 9.69 Å². The Morgan fingerprint density at radius 2 is 1.96 bits per heavy atom. The molecule has 0 bridgehead atoms. The molecular formula is C17H25FN2O4. The maximum absolute atomic E-state index is 13.3. The van der Waals surface area contributed by atoms with Gasteiger partial charge in [0.05, 0.1) is 6.61 Å². The van der Waals surface area contributed by atoms with Crippen LogP contribution in [0.5, 0.6) is 0 Å². The molecule has 1 rings (SSSR count). The Morgan fingerprint density at radius 3 is 2.54 bits per heavy atom. The minimum atomic E-state index is -0.669. The average Bonchev–Trinajstić information content (AvgIpc) is 2.45. The summed E-state index contributed by atoms with van der Waals surface area (Å²) in [5, 5.41) is 2.61. The highest BCUT2D eigenvalue weighted by atomic mass is 19.1. The molecular weight excluding hydrogens is 315 g/mol. The summed E-state index contributed by atoms with van der Waals surface area (Å²) in [6.45, 7) is 7.26. The van der Waals surface area contributed by atoms with Gasteiger partial charge < -0.3 is 14.8 Å². The molecule has 0 aliphatic heterocycles. The number of benzene rings is 1. The van der Waals surface area contributed by atoms with Gasteiger partial charge in [0.1, 0.15) is 18.0 Å². The molecule has 2 amide bonds. The fourth-order valence-electron chi connectivity index (χ4n) is 1.85. The summed E-state index contributed by atoms with van der Waals surface area (Å²) in [5.74, 6) is -0.884. The molecule has 1 N–H and O–H groups in total. The fourth-order valence-corrected chi connectivity index (χ4v) is 1.85. The van der Waals surface area contributed by atoms with Gasteiger partial charge in [-0.25, -0.2) is 9.18 Å². The summed E-state index contributed by atoms with van der Waals surface area (Å²) >= 11 is 0. The first-order valence-corrected chi connectivity index (χ1v) is 7.65. The third-order valence-corrected chi connectivity index (χ3v) is 3.03. The molecule has 1 aromatic carbocycles. The summed E-state index contributed by atoms with van der Waals surface area (Å²) in [6, 6.07) is 4.12. The van der Waals surface area contributed by atoms with E-state index in [0.29, 0.717) is 5.69 Å². The van der Waals surface area contributed by atoms with Gasteiger partial charge in [-0.2, -0.15) is 0 Å². The average molecular weight is 340 g/mol. The van der Waals surface area contributed by atoms with Crippen molar-refractivity contribution in [2.24, 2.45) is 0 Å². The van der Waals surface area contributed by atoms with E-state index in [9.17, 15) is 14.0 Å². The first kappa shape index (κ1) is 19.9. The monoisotopic (exact) mass is 340 g/mol. The van der Waals surface area contributed by atoms with Crippen LogP contribution in [-0.2, 0) is 14.3 Å². The number of amides is 2. The van der Waals surface area contributed by atoms with Gasteiger partial charge in [0.15, 0.2) is 0 Å². The van der Waals surface area contributed by atoms with Crippen LogP contribution in [0.1, 0.15) is 26.3 Å². The zero-order chi connectivity index (χ0) is 18.3. The number of nitrogens with zero attached hydrogens (tertiary/aromatic N) is 1. The molecule has 0 spiro atoms. The molecule has 0 aliphatic rings. The largest absolute Gasteiger partial charge is 0.444 e. The molecule has 0 heterocycles. The lowest BCUT2D eigenvalue weighted by molar-refractivity contribution is -0.117. The summed E-state index contributed by atoms with van der Waals surface area (Å²) in [7, 11) is 1.50. The second-order valence-corrected chi connectivity index (χ2v) is 6.40. The third kappa shape index (κ3) is 6.95. The summed E-state index contributed by atoms with van der Waals surface area (Å²) in [4.78, 5) is 25.6. The highest BCUT2D eigenvalue weighted by Crippen LogP contribution is 2.16. The molecule has 24 heavy (non-hydrogen) atoms. The maximum Gasteiger partial charge on any atom is 0.410 e. The van der Waals surface area contributed by atoms with E-state index in [2.05, 4.69) is 5.32 Å². The molecule has 0 aromatic heterocycles. The van der Waals surface area contributed by atoms with E-state index in [0.717, 1.165) is 5.56 Å². The second-order valence-electron chi connectivity index (χ2n) is 6.40. The molecule has 7 heteroatoms. The standard InChI is InChI=1S/C17H25FN2O4/c1-12-6-7-13(18)10-14(12)19-15(21)11-20(8-9-23-5)16(22)24-17(2,3)4/h6-7,10H,8-9,11H2,1-5H3,(H,19,21). The topological polar surface area (TPSA) is 67.9 Å². The van der Waals surface area contributed by atoms with Crippen molar-refractivity contribution < 1.29 is 23.5 Å². The van der Waals surface area contributed by atoms with E-state index >= 15 is 0 Å². The van der Waals surface area contributed by atoms with E-state index in [1.165, 1.54) is 24.1 Å². The molecule has 0 aliphatic carbocycles. The van der Waals surface area contributed by atoms with Gasteiger partial charge in [-0.05, 0) is 45.4 Å². The number of halogens is 1. The molecule has 0 unspecified atom stereocenters. The van der Waals surface area contributed by atoms with Crippen molar-refractivity contribution >= 4 is 17.7 Å². The Labute approximate surface area is 141 Å². The van der Waals surface area contributed by atoms with Crippen molar-refractivity contribution in [2.75, 3.05) is 32.1 Å². The first-order valence-electron chi connectivity index (χ1n) is 7.65. The number of hydrogen-bond donors (Lipinski definition) is 1. The van der Waals surface area contributed by atoms with Crippen molar-refractivity contribution in [1.82, 2.24) is 4.90 Å². The number of rotatable bonds is 6. The van der Waals surface area contributed by atoms with Crippen molar-refractivity contribution in [3.05, 3.63) is 29.6 Å². The summed E-state index contributed by atoms with van der Waals surface area (Å²) in [5.41, 5.74) is 0.430. The van der Waals surface area contributed by atoms with Crippen molar-refractivity contribution in [3.8, 4) is 0 Å². The Balaban J connectivity index is 2.76. The number of nitrogens with one attached hydrogen (secondary N) is 1. The molecule has 0 saturated carbocycles. The van der Waals surface area contributed by atoms with Gasteiger partial charge in [-0.15, -0.1) is 0 Å². The number of methoxy groups -OCH3 is 1. The van der Waals surface area contributed by atoms with Crippen LogP contribution in [0.3, 0.4) is 0 Å². The zero-order valence-corrected chi connectivity index (χ0v) is 14.8. The van der Waals surface area contributed by atoms with E-state index in [-0.39, 0.29) is 19.7 Å². The quantitative estimate of drug-likeness (QED) is 0.864. The summed E-state index contributed by atoms with van der Waals surface area (Å²) < 4.78 is 23.5. The predicted molar refractivity (Wildman–Crippen MR) is 89.4 cm³/mol. The molecule has 0 atom stereocenters. The SMILES string of the molecule is COCCN(CC(=O)Nc1cc(F)ccc1C)C(=O)OC(C)(C)C. The van der Waals surface area contributed by atoms with Gasteiger partial charge >= 0.3 is 6.09 Å². The van der Waals surface area contributed by atoms with Crippen LogP contribution in [0.2, 0.25) is 0 Å². The van der Waals surface area contributed by atoms with Gasteiger partial charge in [0, 0.05) is 19.3 Å². The van der Waals surface area contributed by atoms with Crippen LogP contribution in [0.4, 0.5) is 14.9 Å². The van der Waals surface area contributed by atoms with Crippen LogP contribution in [0, 0.1) is 12.7 Å².